The second-order valence-electron chi connectivity index (χ2n) is 3.70. The molecule has 0 aliphatic carbocycles. The standard InChI is InChI=1S/C13H15NO/c1-2-6-12-10-13(15-14-12)9-11-7-4-3-5-8-11/h3-5,7-8,10H,2,6,9H2,1H3. The van der Waals surface area contributed by atoms with E-state index in [0.717, 1.165) is 30.7 Å². The van der Waals surface area contributed by atoms with Crippen LogP contribution in [0.2, 0.25) is 0 Å². The molecule has 0 atom stereocenters. The number of hydrogen-bond acceptors (Lipinski definition) is 2. The van der Waals surface area contributed by atoms with E-state index in [1.807, 2.05) is 18.2 Å². The van der Waals surface area contributed by atoms with E-state index in [1.165, 1.54) is 5.56 Å². The highest BCUT2D eigenvalue weighted by Crippen LogP contribution is 2.11. The maximum atomic E-state index is 5.27. The molecule has 0 fully saturated rings. The average Bonchev–Trinajstić information content (AvgIpc) is 2.68. The first-order valence-corrected chi connectivity index (χ1v) is 5.37. The van der Waals surface area contributed by atoms with Crippen LogP contribution in [0, 0.1) is 0 Å². The predicted molar refractivity (Wildman–Crippen MR) is 59.7 cm³/mol. The predicted octanol–water partition coefficient (Wildman–Crippen LogP) is 3.22. The van der Waals surface area contributed by atoms with Crippen molar-refractivity contribution in [3.63, 3.8) is 0 Å². The van der Waals surface area contributed by atoms with Crippen LogP contribution in [0.15, 0.2) is 40.9 Å². The van der Waals surface area contributed by atoms with Crippen molar-refractivity contribution < 1.29 is 4.52 Å². The zero-order valence-corrected chi connectivity index (χ0v) is 8.94. The molecule has 1 heterocycles. The third-order valence-corrected chi connectivity index (χ3v) is 2.34. The summed E-state index contributed by atoms with van der Waals surface area (Å²) >= 11 is 0. The third kappa shape index (κ3) is 2.69. The quantitative estimate of drug-likeness (QED) is 0.759. The van der Waals surface area contributed by atoms with Gasteiger partial charge in [-0.2, -0.15) is 0 Å². The first-order chi connectivity index (χ1) is 7.38. The van der Waals surface area contributed by atoms with Crippen molar-refractivity contribution in [3.05, 3.63) is 53.4 Å². The molecule has 0 aliphatic rings. The molecule has 15 heavy (non-hydrogen) atoms. The highest BCUT2D eigenvalue weighted by Gasteiger charge is 2.03. The zero-order chi connectivity index (χ0) is 10.5. The van der Waals surface area contributed by atoms with Gasteiger partial charge >= 0.3 is 0 Å². The maximum Gasteiger partial charge on any atom is 0.141 e. The number of rotatable bonds is 4. The van der Waals surface area contributed by atoms with Crippen molar-refractivity contribution in [2.24, 2.45) is 0 Å². The molecule has 0 saturated heterocycles. The van der Waals surface area contributed by atoms with Gasteiger partial charge in [-0.1, -0.05) is 48.8 Å². The van der Waals surface area contributed by atoms with Crippen LogP contribution in [0.1, 0.15) is 30.4 Å². The van der Waals surface area contributed by atoms with Gasteiger partial charge in [0.05, 0.1) is 5.69 Å². The lowest BCUT2D eigenvalue weighted by Gasteiger charge is -1.94. The van der Waals surface area contributed by atoms with E-state index < -0.39 is 0 Å². The Morgan fingerprint density at radius 2 is 2.00 bits per heavy atom. The van der Waals surface area contributed by atoms with Crippen LogP contribution in [0.25, 0.3) is 0 Å². The summed E-state index contributed by atoms with van der Waals surface area (Å²) in [6, 6.07) is 12.4. The van der Waals surface area contributed by atoms with Crippen molar-refractivity contribution in [3.8, 4) is 0 Å². The normalized spacial score (nSPS) is 10.5. The number of aromatic nitrogens is 1. The average molecular weight is 201 g/mol. The molecule has 1 aromatic carbocycles. The van der Waals surface area contributed by atoms with Crippen molar-refractivity contribution in [1.82, 2.24) is 5.16 Å². The molecule has 2 rings (SSSR count). The maximum absolute atomic E-state index is 5.27. The van der Waals surface area contributed by atoms with Gasteiger partial charge in [0.2, 0.25) is 0 Å². The van der Waals surface area contributed by atoms with E-state index in [4.69, 9.17) is 4.52 Å². The van der Waals surface area contributed by atoms with Crippen LogP contribution < -0.4 is 0 Å². The SMILES string of the molecule is CCCc1cc(Cc2ccccc2)on1. The van der Waals surface area contributed by atoms with Gasteiger partial charge in [-0.3, -0.25) is 0 Å². The van der Waals surface area contributed by atoms with Crippen LogP contribution in [-0.2, 0) is 12.8 Å². The van der Waals surface area contributed by atoms with E-state index in [0.29, 0.717) is 0 Å². The molecule has 0 unspecified atom stereocenters. The van der Waals surface area contributed by atoms with Gasteiger partial charge in [-0.25, -0.2) is 0 Å². The number of nitrogens with zero attached hydrogens (tertiary/aromatic N) is 1. The minimum atomic E-state index is 0.831. The second kappa shape index (κ2) is 4.78. The summed E-state index contributed by atoms with van der Waals surface area (Å²) in [5.41, 5.74) is 2.32. The molecule has 2 heteroatoms. The van der Waals surface area contributed by atoms with E-state index in [2.05, 4.69) is 30.3 Å². The van der Waals surface area contributed by atoms with Gasteiger partial charge in [0.1, 0.15) is 5.76 Å². The number of aryl methyl sites for hydroxylation is 1. The fraction of sp³-hybridized carbons (Fsp3) is 0.308. The van der Waals surface area contributed by atoms with Crippen molar-refractivity contribution in [2.75, 3.05) is 0 Å². The third-order valence-electron chi connectivity index (χ3n) is 2.34. The van der Waals surface area contributed by atoms with Crippen molar-refractivity contribution in [1.29, 1.82) is 0 Å². The lowest BCUT2D eigenvalue weighted by Crippen LogP contribution is -1.84. The summed E-state index contributed by atoms with van der Waals surface area (Å²) in [4.78, 5) is 0. The van der Waals surface area contributed by atoms with Gasteiger partial charge in [0.15, 0.2) is 0 Å². The molecule has 2 aromatic rings. The molecule has 1 aromatic heterocycles. The van der Waals surface area contributed by atoms with Crippen LogP contribution in [0.4, 0.5) is 0 Å². The lowest BCUT2D eigenvalue weighted by atomic mass is 10.1. The minimum absolute atomic E-state index is 0.831. The molecule has 78 valence electrons. The fourth-order valence-electron chi connectivity index (χ4n) is 1.61. The molecule has 0 spiro atoms. The largest absolute Gasteiger partial charge is 0.361 e. The summed E-state index contributed by atoms with van der Waals surface area (Å²) < 4.78 is 5.27. The Bertz CT molecular complexity index is 405. The van der Waals surface area contributed by atoms with Crippen LogP contribution in [0.3, 0.4) is 0 Å². The molecule has 0 aliphatic heterocycles. The summed E-state index contributed by atoms with van der Waals surface area (Å²) in [5.74, 6) is 0.949. The molecule has 2 nitrogen and oxygen atoms in total. The lowest BCUT2D eigenvalue weighted by molar-refractivity contribution is 0.383. The molecular weight excluding hydrogens is 186 g/mol. The highest BCUT2D eigenvalue weighted by atomic mass is 16.5. The fourth-order valence-corrected chi connectivity index (χ4v) is 1.61. The van der Waals surface area contributed by atoms with Crippen molar-refractivity contribution in [2.45, 2.75) is 26.2 Å². The molecule has 0 N–H and O–H groups in total. The second-order valence-corrected chi connectivity index (χ2v) is 3.70. The van der Waals surface area contributed by atoms with Crippen LogP contribution >= 0.6 is 0 Å². The molecular formula is C13H15NO. The van der Waals surface area contributed by atoms with E-state index in [-0.39, 0.29) is 0 Å². The first-order valence-electron chi connectivity index (χ1n) is 5.37. The Morgan fingerprint density at radius 3 is 2.73 bits per heavy atom. The zero-order valence-electron chi connectivity index (χ0n) is 8.94. The van der Waals surface area contributed by atoms with E-state index in [1.54, 1.807) is 0 Å². The number of hydrogen-bond donors (Lipinski definition) is 0. The van der Waals surface area contributed by atoms with Gasteiger partial charge in [-0.05, 0) is 12.0 Å². The minimum Gasteiger partial charge on any atom is -0.361 e. The van der Waals surface area contributed by atoms with E-state index >= 15 is 0 Å². The van der Waals surface area contributed by atoms with Gasteiger partial charge in [-0.15, -0.1) is 0 Å². The summed E-state index contributed by atoms with van der Waals surface area (Å²) in [5, 5.41) is 4.03. The Morgan fingerprint density at radius 1 is 1.20 bits per heavy atom. The summed E-state index contributed by atoms with van der Waals surface area (Å²) in [6.45, 7) is 2.14. The van der Waals surface area contributed by atoms with Gasteiger partial charge in [0.25, 0.3) is 0 Å². The van der Waals surface area contributed by atoms with Crippen LogP contribution in [-0.4, -0.2) is 5.16 Å². The van der Waals surface area contributed by atoms with Gasteiger partial charge < -0.3 is 4.52 Å². The molecule has 0 amide bonds. The van der Waals surface area contributed by atoms with E-state index in [9.17, 15) is 0 Å². The Balaban J connectivity index is 2.05. The van der Waals surface area contributed by atoms with Crippen LogP contribution in [0.5, 0.6) is 0 Å². The monoisotopic (exact) mass is 201 g/mol. The Labute approximate surface area is 89.9 Å². The van der Waals surface area contributed by atoms with Gasteiger partial charge in [0, 0.05) is 12.5 Å². The smallest absolute Gasteiger partial charge is 0.141 e. The topological polar surface area (TPSA) is 26.0 Å². The first kappa shape index (κ1) is 9.97. The molecule has 0 saturated carbocycles. The Hall–Kier alpha value is -1.57. The molecule has 0 radical (unpaired) electrons. The molecule has 0 bridgehead atoms. The Kier molecular flexibility index (Phi) is 3.18. The van der Waals surface area contributed by atoms with Crippen molar-refractivity contribution >= 4 is 0 Å². The number of benzene rings is 1. The summed E-state index contributed by atoms with van der Waals surface area (Å²) in [6.07, 6.45) is 2.94. The highest BCUT2D eigenvalue weighted by molar-refractivity contribution is 5.20. The summed E-state index contributed by atoms with van der Waals surface area (Å²) in [7, 11) is 0.